The largest absolute Gasteiger partial charge is 0.299 e. The summed E-state index contributed by atoms with van der Waals surface area (Å²) in [4.78, 5) is 11.9. The second-order valence-electron chi connectivity index (χ2n) is 5.42. The summed E-state index contributed by atoms with van der Waals surface area (Å²) in [5.41, 5.74) is 0. The number of ketones is 1. The molecule has 0 amide bonds. The molecule has 0 aromatic carbocycles. The summed E-state index contributed by atoms with van der Waals surface area (Å²) in [5.74, 6) is 2.63. The molecule has 1 saturated carbocycles. The van der Waals surface area contributed by atoms with E-state index in [9.17, 15) is 4.79 Å². The van der Waals surface area contributed by atoms with Gasteiger partial charge in [-0.1, -0.05) is 40.5 Å². The Morgan fingerprint density at radius 1 is 1.14 bits per heavy atom. The monoisotopic (exact) mass is 196 g/mol. The fraction of sp³-hybridized carbons (Fsp3) is 0.923. The number of hydrogen-bond donors (Lipinski definition) is 0. The lowest BCUT2D eigenvalue weighted by molar-refractivity contribution is -0.127. The van der Waals surface area contributed by atoms with Crippen molar-refractivity contribution in [1.29, 1.82) is 0 Å². The number of carbonyl (C=O) groups is 1. The third kappa shape index (κ3) is 2.83. The average molecular weight is 196 g/mol. The molecule has 0 N–H and O–H groups in total. The molecule has 0 aliphatic heterocycles. The predicted octanol–water partition coefficient (Wildman–Crippen LogP) is 3.67. The van der Waals surface area contributed by atoms with Crippen LogP contribution in [0.2, 0.25) is 0 Å². The smallest absolute Gasteiger partial charge is 0.138 e. The van der Waals surface area contributed by atoms with Gasteiger partial charge in [0.15, 0.2) is 0 Å². The Hall–Kier alpha value is -0.330. The van der Waals surface area contributed by atoms with Gasteiger partial charge >= 0.3 is 0 Å². The van der Waals surface area contributed by atoms with Crippen LogP contribution in [0.3, 0.4) is 0 Å². The molecule has 0 aromatic rings. The van der Waals surface area contributed by atoms with Gasteiger partial charge in [0.1, 0.15) is 5.78 Å². The molecule has 1 aliphatic rings. The lowest BCUT2D eigenvalue weighted by Crippen LogP contribution is -2.28. The first-order valence-corrected chi connectivity index (χ1v) is 6.06. The standard InChI is InChI=1S/C13H24O/c1-9(2)11-6-5-7-12(8-11)13(14)10(3)4/h9-12H,5-8H2,1-4H3/t11-,12?/m1/s1. The highest BCUT2D eigenvalue weighted by atomic mass is 16.1. The summed E-state index contributed by atoms with van der Waals surface area (Å²) >= 11 is 0. The van der Waals surface area contributed by atoms with E-state index in [-0.39, 0.29) is 5.92 Å². The van der Waals surface area contributed by atoms with Crippen LogP contribution in [-0.2, 0) is 4.79 Å². The first kappa shape index (κ1) is 11.7. The average Bonchev–Trinajstić information content (AvgIpc) is 2.16. The van der Waals surface area contributed by atoms with Gasteiger partial charge in [0.25, 0.3) is 0 Å². The third-order valence-electron chi connectivity index (χ3n) is 3.63. The van der Waals surface area contributed by atoms with Crippen LogP contribution in [0.5, 0.6) is 0 Å². The molecule has 1 heteroatoms. The molecule has 1 aliphatic carbocycles. The van der Waals surface area contributed by atoms with Gasteiger partial charge in [-0.25, -0.2) is 0 Å². The molecule has 1 unspecified atom stereocenters. The van der Waals surface area contributed by atoms with Crippen molar-refractivity contribution in [2.45, 2.75) is 53.4 Å². The van der Waals surface area contributed by atoms with E-state index >= 15 is 0 Å². The van der Waals surface area contributed by atoms with Crippen molar-refractivity contribution in [3.8, 4) is 0 Å². The molecule has 2 atom stereocenters. The van der Waals surface area contributed by atoms with Crippen LogP contribution in [0, 0.1) is 23.7 Å². The molecule has 1 fully saturated rings. The predicted molar refractivity (Wildman–Crippen MR) is 60.1 cm³/mol. The molecule has 14 heavy (non-hydrogen) atoms. The summed E-state index contributed by atoms with van der Waals surface area (Å²) in [6, 6.07) is 0. The van der Waals surface area contributed by atoms with Gasteiger partial charge < -0.3 is 0 Å². The van der Waals surface area contributed by atoms with Crippen LogP contribution in [-0.4, -0.2) is 5.78 Å². The summed E-state index contributed by atoms with van der Waals surface area (Å²) in [6.07, 6.45) is 4.88. The zero-order valence-electron chi connectivity index (χ0n) is 10.0. The molecular formula is C13H24O. The summed E-state index contributed by atoms with van der Waals surface area (Å²) < 4.78 is 0. The first-order valence-electron chi connectivity index (χ1n) is 6.06. The van der Waals surface area contributed by atoms with E-state index in [0.29, 0.717) is 11.7 Å². The third-order valence-corrected chi connectivity index (χ3v) is 3.63. The quantitative estimate of drug-likeness (QED) is 0.673. The van der Waals surface area contributed by atoms with Crippen LogP contribution in [0.4, 0.5) is 0 Å². The van der Waals surface area contributed by atoms with Gasteiger partial charge in [-0.05, 0) is 24.7 Å². The van der Waals surface area contributed by atoms with E-state index < -0.39 is 0 Å². The summed E-state index contributed by atoms with van der Waals surface area (Å²) in [5, 5.41) is 0. The van der Waals surface area contributed by atoms with Crippen molar-refractivity contribution in [2.24, 2.45) is 23.7 Å². The zero-order chi connectivity index (χ0) is 10.7. The molecule has 0 saturated heterocycles. The highest BCUT2D eigenvalue weighted by molar-refractivity contribution is 5.82. The van der Waals surface area contributed by atoms with E-state index in [4.69, 9.17) is 0 Å². The molecular weight excluding hydrogens is 172 g/mol. The van der Waals surface area contributed by atoms with E-state index in [1.165, 1.54) is 12.8 Å². The molecule has 0 spiro atoms. The Labute approximate surface area is 88.3 Å². The summed E-state index contributed by atoms with van der Waals surface area (Å²) in [6.45, 7) is 8.63. The van der Waals surface area contributed by atoms with Gasteiger partial charge in [0.2, 0.25) is 0 Å². The SMILES string of the molecule is CC(C)C(=O)C1CCC[C@@H](C(C)C)C1. The van der Waals surface area contributed by atoms with Crippen molar-refractivity contribution < 1.29 is 4.79 Å². The van der Waals surface area contributed by atoms with Crippen LogP contribution >= 0.6 is 0 Å². The Kier molecular flexibility index (Phi) is 4.15. The fourth-order valence-corrected chi connectivity index (χ4v) is 2.56. The van der Waals surface area contributed by atoms with E-state index in [2.05, 4.69) is 13.8 Å². The molecule has 0 bridgehead atoms. The van der Waals surface area contributed by atoms with Crippen molar-refractivity contribution in [1.82, 2.24) is 0 Å². The Morgan fingerprint density at radius 2 is 1.79 bits per heavy atom. The molecule has 0 radical (unpaired) electrons. The van der Waals surface area contributed by atoms with Gasteiger partial charge in [-0.3, -0.25) is 4.79 Å². The minimum absolute atomic E-state index is 0.228. The maximum Gasteiger partial charge on any atom is 0.138 e. The topological polar surface area (TPSA) is 17.1 Å². The molecule has 0 heterocycles. The Morgan fingerprint density at radius 3 is 2.29 bits per heavy atom. The maximum atomic E-state index is 11.9. The normalized spacial score (nSPS) is 28.4. The fourth-order valence-electron chi connectivity index (χ4n) is 2.56. The molecule has 0 aromatic heterocycles. The highest BCUT2D eigenvalue weighted by Gasteiger charge is 2.29. The maximum absolute atomic E-state index is 11.9. The van der Waals surface area contributed by atoms with E-state index in [0.717, 1.165) is 24.7 Å². The second kappa shape index (κ2) is 4.95. The Bertz CT molecular complexity index is 193. The van der Waals surface area contributed by atoms with Gasteiger partial charge in [-0.15, -0.1) is 0 Å². The van der Waals surface area contributed by atoms with Gasteiger partial charge in [0.05, 0.1) is 0 Å². The lowest BCUT2D eigenvalue weighted by Gasteiger charge is -2.31. The lowest BCUT2D eigenvalue weighted by atomic mass is 9.73. The van der Waals surface area contributed by atoms with Crippen molar-refractivity contribution in [2.75, 3.05) is 0 Å². The number of Topliss-reactive ketones (excluding diaryl/α,β-unsaturated/α-hetero) is 1. The van der Waals surface area contributed by atoms with Gasteiger partial charge in [0, 0.05) is 11.8 Å². The number of carbonyl (C=O) groups excluding carboxylic acids is 1. The van der Waals surface area contributed by atoms with Crippen molar-refractivity contribution in [3.05, 3.63) is 0 Å². The van der Waals surface area contributed by atoms with Crippen LogP contribution < -0.4 is 0 Å². The van der Waals surface area contributed by atoms with Crippen LogP contribution in [0.15, 0.2) is 0 Å². The van der Waals surface area contributed by atoms with Gasteiger partial charge in [-0.2, -0.15) is 0 Å². The van der Waals surface area contributed by atoms with Crippen LogP contribution in [0.1, 0.15) is 53.4 Å². The Balaban J connectivity index is 2.51. The van der Waals surface area contributed by atoms with Crippen molar-refractivity contribution in [3.63, 3.8) is 0 Å². The minimum Gasteiger partial charge on any atom is -0.299 e. The number of rotatable bonds is 3. The second-order valence-corrected chi connectivity index (χ2v) is 5.42. The molecule has 82 valence electrons. The molecule has 1 nitrogen and oxygen atoms in total. The molecule has 1 rings (SSSR count). The highest BCUT2D eigenvalue weighted by Crippen LogP contribution is 2.35. The van der Waals surface area contributed by atoms with E-state index in [1.54, 1.807) is 0 Å². The first-order chi connectivity index (χ1) is 6.52. The summed E-state index contributed by atoms with van der Waals surface area (Å²) in [7, 11) is 0. The van der Waals surface area contributed by atoms with Crippen molar-refractivity contribution >= 4 is 5.78 Å². The zero-order valence-corrected chi connectivity index (χ0v) is 10.0. The van der Waals surface area contributed by atoms with E-state index in [1.807, 2.05) is 13.8 Å². The van der Waals surface area contributed by atoms with Crippen LogP contribution in [0.25, 0.3) is 0 Å². The minimum atomic E-state index is 0.228. The number of hydrogen-bond acceptors (Lipinski definition) is 1.